The van der Waals surface area contributed by atoms with E-state index in [1.54, 1.807) is 0 Å². The van der Waals surface area contributed by atoms with Gasteiger partial charge in [-0.2, -0.15) is 0 Å². The zero-order valence-corrected chi connectivity index (χ0v) is 10.2. The molecule has 0 bridgehead atoms. The van der Waals surface area contributed by atoms with Crippen LogP contribution in [-0.2, 0) is 11.2 Å². The van der Waals surface area contributed by atoms with Crippen LogP contribution in [0.2, 0.25) is 0 Å². The van der Waals surface area contributed by atoms with Crippen LogP contribution >= 0.6 is 0 Å². The van der Waals surface area contributed by atoms with Gasteiger partial charge in [0.2, 0.25) is 5.91 Å². The van der Waals surface area contributed by atoms with Crippen LogP contribution in [0.5, 0.6) is 0 Å². The molecule has 2 heterocycles. The highest BCUT2D eigenvalue weighted by molar-refractivity contribution is 5.76. The maximum Gasteiger partial charge on any atom is 0.222 e. The van der Waals surface area contributed by atoms with Gasteiger partial charge in [0.1, 0.15) is 0 Å². The SMILES string of the molecule is NC1CCCN(C(=O)CCCc2ccc[nH]2)C1. The molecule has 1 fully saturated rings. The van der Waals surface area contributed by atoms with E-state index in [0.29, 0.717) is 6.42 Å². The number of hydrogen-bond acceptors (Lipinski definition) is 2. The molecule has 1 aliphatic heterocycles. The van der Waals surface area contributed by atoms with E-state index in [9.17, 15) is 4.79 Å². The third-order valence-electron chi connectivity index (χ3n) is 3.31. The van der Waals surface area contributed by atoms with Gasteiger partial charge in [-0.05, 0) is 37.8 Å². The van der Waals surface area contributed by atoms with Crippen molar-refractivity contribution >= 4 is 5.91 Å². The molecular weight excluding hydrogens is 214 g/mol. The van der Waals surface area contributed by atoms with Crippen LogP contribution < -0.4 is 5.73 Å². The molecule has 3 N–H and O–H groups in total. The Morgan fingerprint density at radius 2 is 2.47 bits per heavy atom. The van der Waals surface area contributed by atoms with Gasteiger partial charge in [0.05, 0.1) is 0 Å². The first-order chi connectivity index (χ1) is 8.25. The fourth-order valence-corrected chi connectivity index (χ4v) is 2.35. The molecule has 17 heavy (non-hydrogen) atoms. The molecule has 0 aliphatic carbocycles. The maximum atomic E-state index is 11.9. The van der Waals surface area contributed by atoms with E-state index in [0.717, 1.165) is 38.8 Å². The second-order valence-electron chi connectivity index (χ2n) is 4.79. The normalized spacial score (nSPS) is 20.5. The fraction of sp³-hybridized carbons (Fsp3) is 0.615. The van der Waals surface area contributed by atoms with Crippen molar-refractivity contribution in [3.05, 3.63) is 24.0 Å². The van der Waals surface area contributed by atoms with E-state index >= 15 is 0 Å². The molecule has 94 valence electrons. The Morgan fingerprint density at radius 3 is 3.18 bits per heavy atom. The molecule has 1 aromatic heterocycles. The lowest BCUT2D eigenvalue weighted by Crippen LogP contribution is -2.45. The molecule has 1 aromatic rings. The van der Waals surface area contributed by atoms with E-state index in [4.69, 9.17) is 5.73 Å². The molecule has 1 saturated heterocycles. The molecule has 0 spiro atoms. The lowest BCUT2D eigenvalue weighted by atomic mass is 10.1. The Morgan fingerprint density at radius 1 is 1.59 bits per heavy atom. The summed E-state index contributed by atoms with van der Waals surface area (Å²) in [6, 6.07) is 4.22. The summed E-state index contributed by atoms with van der Waals surface area (Å²) in [6.45, 7) is 1.62. The highest BCUT2D eigenvalue weighted by atomic mass is 16.2. The van der Waals surface area contributed by atoms with E-state index in [2.05, 4.69) is 11.1 Å². The third kappa shape index (κ3) is 3.60. The van der Waals surface area contributed by atoms with E-state index in [-0.39, 0.29) is 11.9 Å². The van der Waals surface area contributed by atoms with E-state index < -0.39 is 0 Å². The molecule has 1 unspecified atom stereocenters. The summed E-state index contributed by atoms with van der Waals surface area (Å²) in [6.07, 6.45) is 6.49. The zero-order valence-electron chi connectivity index (χ0n) is 10.2. The monoisotopic (exact) mass is 235 g/mol. The number of carbonyl (C=O) groups is 1. The molecule has 0 saturated carbocycles. The molecule has 1 atom stereocenters. The van der Waals surface area contributed by atoms with Gasteiger partial charge in [0.15, 0.2) is 0 Å². The summed E-state index contributed by atoms with van der Waals surface area (Å²) in [5, 5.41) is 0. The highest BCUT2D eigenvalue weighted by Gasteiger charge is 2.20. The standard InChI is InChI=1S/C13H21N3O/c14-11-4-3-9-16(10-11)13(17)7-1-5-12-6-2-8-15-12/h2,6,8,11,15H,1,3-5,7,9-10,14H2. The number of nitrogens with one attached hydrogen (secondary N) is 1. The summed E-state index contributed by atoms with van der Waals surface area (Å²) in [5.41, 5.74) is 7.07. The first-order valence-electron chi connectivity index (χ1n) is 6.41. The van der Waals surface area contributed by atoms with Gasteiger partial charge < -0.3 is 15.6 Å². The van der Waals surface area contributed by atoms with Gasteiger partial charge in [0.25, 0.3) is 0 Å². The Balaban J connectivity index is 1.70. The number of aryl methyl sites for hydroxylation is 1. The molecular formula is C13H21N3O. The first-order valence-corrected chi connectivity index (χ1v) is 6.41. The van der Waals surface area contributed by atoms with Crippen LogP contribution in [0.1, 0.15) is 31.4 Å². The van der Waals surface area contributed by atoms with Gasteiger partial charge in [0, 0.05) is 37.4 Å². The van der Waals surface area contributed by atoms with Gasteiger partial charge >= 0.3 is 0 Å². The molecule has 2 rings (SSSR count). The number of aromatic amines is 1. The van der Waals surface area contributed by atoms with Crippen molar-refractivity contribution in [1.82, 2.24) is 9.88 Å². The summed E-state index contributed by atoms with van der Waals surface area (Å²) in [5.74, 6) is 0.256. The van der Waals surface area contributed by atoms with Crippen molar-refractivity contribution in [2.24, 2.45) is 5.73 Å². The predicted octanol–water partition coefficient (Wildman–Crippen LogP) is 1.29. The number of aromatic nitrogens is 1. The lowest BCUT2D eigenvalue weighted by Gasteiger charge is -2.30. The van der Waals surface area contributed by atoms with Crippen molar-refractivity contribution in [1.29, 1.82) is 0 Å². The average Bonchev–Trinajstić information content (AvgIpc) is 2.82. The summed E-state index contributed by atoms with van der Waals surface area (Å²) in [4.78, 5) is 17.0. The number of amides is 1. The van der Waals surface area contributed by atoms with Gasteiger partial charge in [-0.1, -0.05) is 0 Å². The minimum Gasteiger partial charge on any atom is -0.365 e. The van der Waals surface area contributed by atoms with Crippen LogP contribution in [0.25, 0.3) is 0 Å². The minimum atomic E-state index is 0.177. The topological polar surface area (TPSA) is 62.1 Å². The van der Waals surface area contributed by atoms with Crippen molar-refractivity contribution in [3.8, 4) is 0 Å². The molecule has 1 aliphatic rings. The number of hydrogen-bond donors (Lipinski definition) is 2. The Bertz CT molecular complexity index is 348. The van der Waals surface area contributed by atoms with Gasteiger partial charge in [-0.15, -0.1) is 0 Å². The largest absolute Gasteiger partial charge is 0.365 e. The first kappa shape index (κ1) is 12.2. The van der Waals surface area contributed by atoms with Crippen molar-refractivity contribution in [3.63, 3.8) is 0 Å². The van der Waals surface area contributed by atoms with Crippen LogP contribution in [0.15, 0.2) is 18.3 Å². The number of H-pyrrole nitrogens is 1. The summed E-state index contributed by atoms with van der Waals surface area (Å²) >= 11 is 0. The second kappa shape index (κ2) is 5.87. The number of likely N-dealkylation sites (tertiary alicyclic amines) is 1. The molecule has 1 amide bonds. The van der Waals surface area contributed by atoms with Crippen molar-refractivity contribution in [2.75, 3.05) is 13.1 Å². The number of carbonyl (C=O) groups excluding carboxylic acids is 1. The van der Waals surface area contributed by atoms with Crippen molar-refractivity contribution in [2.45, 2.75) is 38.1 Å². The Kier molecular flexibility index (Phi) is 4.20. The summed E-state index contributed by atoms with van der Waals surface area (Å²) < 4.78 is 0. The lowest BCUT2D eigenvalue weighted by molar-refractivity contribution is -0.132. The third-order valence-corrected chi connectivity index (χ3v) is 3.31. The maximum absolute atomic E-state index is 11.9. The average molecular weight is 235 g/mol. The number of piperidine rings is 1. The van der Waals surface area contributed by atoms with Gasteiger partial charge in [-0.25, -0.2) is 0 Å². The summed E-state index contributed by atoms with van der Waals surface area (Å²) in [7, 11) is 0. The number of nitrogens with two attached hydrogens (primary N) is 1. The quantitative estimate of drug-likeness (QED) is 0.826. The number of nitrogens with zero attached hydrogens (tertiary/aromatic N) is 1. The van der Waals surface area contributed by atoms with E-state index in [1.165, 1.54) is 5.69 Å². The molecule has 4 nitrogen and oxygen atoms in total. The zero-order chi connectivity index (χ0) is 12.1. The minimum absolute atomic E-state index is 0.177. The second-order valence-corrected chi connectivity index (χ2v) is 4.79. The molecule has 0 radical (unpaired) electrons. The number of rotatable bonds is 4. The van der Waals surface area contributed by atoms with Crippen LogP contribution in [0.4, 0.5) is 0 Å². The van der Waals surface area contributed by atoms with Gasteiger partial charge in [-0.3, -0.25) is 4.79 Å². The van der Waals surface area contributed by atoms with Crippen LogP contribution in [0.3, 0.4) is 0 Å². The predicted molar refractivity (Wildman–Crippen MR) is 67.5 cm³/mol. The Hall–Kier alpha value is -1.29. The molecule has 4 heteroatoms. The fourth-order valence-electron chi connectivity index (χ4n) is 2.35. The van der Waals surface area contributed by atoms with Crippen LogP contribution in [0, 0.1) is 0 Å². The highest BCUT2D eigenvalue weighted by Crippen LogP contribution is 2.11. The van der Waals surface area contributed by atoms with E-state index in [1.807, 2.05) is 17.2 Å². The van der Waals surface area contributed by atoms with Crippen LogP contribution in [-0.4, -0.2) is 34.9 Å². The van der Waals surface area contributed by atoms with Crippen molar-refractivity contribution < 1.29 is 4.79 Å². The Labute approximate surface area is 102 Å². The smallest absolute Gasteiger partial charge is 0.222 e. The molecule has 0 aromatic carbocycles.